The highest BCUT2D eigenvalue weighted by molar-refractivity contribution is 7.91. The van der Waals surface area contributed by atoms with Gasteiger partial charge in [-0.25, -0.2) is 18.1 Å². The van der Waals surface area contributed by atoms with Gasteiger partial charge in [0, 0.05) is 0 Å². The minimum absolute atomic E-state index is 0.418. The van der Waals surface area contributed by atoms with E-state index in [1.807, 2.05) is 0 Å². The lowest BCUT2D eigenvalue weighted by Gasteiger charge is -2.20. The summed E-state index contributed by atoms with van der Waals surface area (Å²) < 4.78 is 39.7. The Morgan fingerprint density at radius 2 is 0.696 bits per heavy atom. The van der Waals surface area contributed by atoms with E-state index < -0.39 is 24.9 Å². The van der Waals surface area contributed by atoms with E-state index in [0.717, 1.165) is 0 Å². The summed E-state index contributed by atoms with van der Waals surface area (Å²) >= 11 is 0. The molecule has 0 aliphatic rings. The van der Waals surface area contributed by atoms with Crippen molar-refractivity contribution in [1.29, 1.82) is 0 Å². The molecule has 3 aromatic rings. The van der Waals surface area contributed by atoms with Crippen LogP contribution in [0.25, 0.3) is 0 Å². The fraction of sp³-hybridized carbons (Fsp3) is 0. The van der Waals surface area contributed by atoms with Crippen LogP contribution in [-0.2, 0) is 0 Å². The summed E-state index contributed by atoms with van der Waals surface area (Å²) in [4.78, 5) is 11.4. The molecule has 0 amide bonds. The van der Waals surface area contributed by atoms with Crippen LogP contribution in [0.3, 0.4) is 0 Å². The van der Waals surface area contributed by atoms with E-state index in [9.17, 15) is 18.1 Å². The maximum absolute atomic E-state index is 13.2. The van der Waals surface area contributed by atoms with Crippen LogP contribution in [0, 0.1) is 17.5 Å². The summed E-state index contributed by atoms with van der Waals surface area (Å²) in [5, 5.41) is 1.53. The third-order valence-electron chi connectivity index (χ3n) is 3.60. The average molecular weight is 333 g/mol. The van der Waals surface area contributed by atoms with Crippen molar-refractivity contribution in [2.45, 2.75) is 0 Å². The average Bonchev–Trinajstić information content (AvgIpc) is 2.56. The van der Waals surface area contributed by atoms with Crippen LogP contribution in [0.15, 0.2) is 72.8 Å². The molecule has 0 fully saturated rings. The maximum Gasteiger partial charge on any atom is 0.238 e. The molecule has 0 spiro atoms. The minimum atomic E-state index is -3.09. The van der Waals surface area contributed by atoms with E-state index in [2.05, 4.69) is 0 Å². The lowest BCUT2D eigenvalue weighted by molar-refractivity contribution is 0.624. The van der Waals surface area contributed by atoms with Crippen LogP contribution in [-0.4, -0.2) is 4.89 Å². The van der Waals surface area contributed by atoms with Gasteiger partial charge in [0.2, 0.25) is 7.49 Å². The Kier molecular flexibility index (Phi) is 4.20. The third-order valence-corrected chi connectivity index (χ3v) is 6.74. The van der Waals surface area contributed by atoms with Crippen LogP contribution in [0.4, 0.5) is 13.2 Å². The van der Waals surface area contributed by atoms with Crippen LogP contribution < -0.4 is 15.9 Å². The number of hydrogen-bond acceptors (Lipinski definition) is 1. The first kappa shape index (κ1) is 15.7. The Labute approximate surface area is 132 Å². The van der Waals surface area contributed by atoms with E-state index in [1.165, 1.54) is 72.8 Å². The first-order valence-corrected chi connectivity index (χ1v) is 8.64. The van der Waals surface area contributed by atoms with Crippen molar-refractivity contribution in [3.05, 3.63) is 90.2 Å². The largest absolute Gasteiger partial charge is 0.238 e. The predicted octanol–water partition coefficient (Wildman–Crippen LogP) is 3.31. The van der Waals surface area contributed by atoms with Crippen molar-refractivity contribution in [2.75, 3.05) is 0 Å². The van der Waals surface area contributed by atoms with Gasteiger partial charge in [-0.15, -0.1) is 0 Å². The van der Waals surface area contributed by atoms with Gasteiger partial charge in [-0.3, -0.25) is 0 Å². The second-order valence-electron chi connectivity index (χ2n) is 5.06. The van der Waals surface area contributed by atoms with Gasteiger partial charge in [0.15, 0.2) is 0 Å². The van der Waals surface area contributed by atoms with E-state index in [4.69, 9.17) is 0 Å². The summed E-state index contributed by atoms with van der Waals surface area (Å²) in [7, 11) is -3.09. The fourth-order valence-electron chi connectivity index (χ4n) is 2.42. The van der Waals surface area contributed by atoms with E-state index >= 15 is 0 Å². The molecule has 5 heteroatoms. The zero-order valence-electron chi connectivity index (χ0n) is 12.0. The Bertz CT molecular complexity index is 688. The van der Waals surface area contributed by atoms with Gasteiger partial charge in [-0.05, 0) is 72.8 Å². The highest BCUT2D eigenvalue weighted by Crippen LogP contribution is 2.50. The number of rotatable bonds is 3. The molecule has 0 bridgehead atoms. The van der Waals surface area contributed by atoms with E-state index in [1.54, 1.807) is 0 Å². The van der Waals surface area contributed by atoms with Crippen molar-refractivity contribution in [3.8, 4) is 0 Å². The molecule has 1 N–H and O–H groups in total. The van der Waals surface area contributed by atoms with E-state index in [0.29, 0.717) is 15.9 Å². The van der Waals surface area contributed by atoms with Crippen molar-refractivity contribution < 1.29 is 18.1 Å². The Hall–Kier alpha value is -2.16. The normalized spacial score (nSPS) is 11.5. The topological polar surface area (TPSA) is 20.2 Å². The lowest BCUT2D eigenvalue weighted by Crippen LogP contribution is -2.30. The molecule has 0 aromatic heterocycles. The SMILES string of the molecule is O[P+](c1ccc(F)cc1)(c1ccc(F)cc1)c1ccc(F)cc1. The molecule has 0 unspecified atom stereocenters. The summed E-state index contributed by atoms with van der Waals surface area (Å²) in [6.45, 7) is 0. The molecule has 0 radical (unpaired) electrons. The molecule has 3 rings (SSSR count). The van der Waals surface area contributed by atoms with Gasteiger partial charge in [-0.1, -0.05) is 0 Å². The molecule has 0 heterocycles. The second-order valence-corrected chi connectivity index (χ2v) is 7.88. The van der Waals surface area contributed by atoms with Gasteiger partial charge in [0.25, 0.3) is 0 Å². The zero-order chi connectivity index (χ0) is 16.4. The second kappa shape index (κ2) is 6.15. The molecular weight excluding hydrogens is 320 g/mol. The fourth-order valence-corrected chi connectivity index (χ4v) is 5.05. The van der Waals surface area contributed by atoms with Crippen molar-refractivity contribution in [2.24, 2.45) is 0 Å². The monoisotopic (exact) mass is 333 g/mol. The van der Waals surface area contributed by atoms with E-state index in [-0.39, 0.29) is 0 Å². The summed E-state index contributed by atoms with van der Waals surface area (Å²) in [5.41, 5.74) is 0. The summed E-state index contributed by atoms with van der Waals surface area (Å²) in [6.07, 6.45) is 0. The van der Waals surface area contributed by atoms with Gasteiger partial charge in [-0.2, -0.15) is 0 Å². The first-order chi connectivity index (χ1) is 11.0. The number of hydrogen-bond donors (Lipinski definition) is 1. The molecule has 1 nitrogen and oxygen atoms in total. The Morgan fingerprint density at radius 1 is 0.478 bits per heavy atom. The molecule has 0 saturated heterocycles. The molecular formula is C18H13F3OP+. The van der Waals surface area contributed by atoms with Crippen LogP contribution in [0.2, 0.25) is 0 Å². The van der Waals surface area contributed by atoms with Crippen LogP contribution in [0.1, 0.15) is 0 Å². The smallest absolute Gasteiger partial charge is 0.235 e. The van der Waals surface area contributed by atoms with Gasteiger partial charge in [0.05, 0.1) is 0 Å². The number of halogens is 3. The lowest BCUT2D eigenvalue weighted by atomic mass is 10.3. The minimum Gasteiger partial charge on any atom is -0.235 e. The molecule has 0 aliphatic heterocycles. The number of benzene rings is 3. The standard InChI is InChI=1S/C18H13F3OP/c19-13-1-7-16(8-2-13)23(22,17-9-3-14(20)4-10-17)18-11-5-15(21)6-12-18/h1-12,22H/q+1. The molecule has 23 heavy (non-hydrogen) atoms. The quantitative estimate of drug-likeness (QED) is 0.729. The third kappa shape index (κ3) is 3.00. The van der Waals surface area contributed by atoms with Gasteiger partial charge in [0.1, 0.15) is 33.4 Å². The molecule has 0 aliphatic carbocycles. The highest BCUT2D eigenvalue weighted by Gasteiger charge is 2.44. The zero-order valence-corrected chi connectivity index (χ0v) is 12.9. The van der Waals surface area contributed by atoms with Gasteiger partial charge < -0.3 is 0 Å². The molecule has 3 aromatic carbocycles. The highest BCUT2D eigenvalue weighted by atomic mass is 31.2. The van der Waals surface area contributed by atoms with Gasteiger partial charge >= 0.3 is 0 Å². The Morgan fingerprint density at radius 3 is 0.913 bits per heavy atom. The molecule has 116 valence electrons. The molecule has 0 atom stereocenters. The van der Waals surface area contributed by atoms with Crippen LogP contribution in [0.5, 0.6) is 0 Å². The molecule has 0 saturated carbocycles. The van der Waals surface area contributed by atoms with Crippen molar-refractivity contribution in [1.82, 2.24) is 0 Å². The van der Waals surface area contributed by atoms with Crippen molar-refractivity contribution >= 4 is 23.4 Å². The van der Waals surface area contributed by atoms with Crippen molar-refractivity contribution in [3.63, 3.8) is 0 Å². The predicted molar refractivity (Wildman–Crippen MR) is 87.2 cm³/mol. The Balaban J connectivity index is 2.21. The van der Waals surface area contributed by atoms with Crippen LogP contribution >= 0.6 is 7.49 Å². The first-order valence-electron chi connectivity index (χ1n) is 6.90. The summed E-state index contributed by atoms with van der Waals surface area (Å²) in [5.74, 6) is -1.25. The summed E-state index contributed by atoms with van der Waals surface area (Å²) in [6, 6.07) is 16.5. The maximum atomic E-state index is 13.2.